The number of carboxylic acid groups (broad SMARTS) is 1. The molecule has 1 aliphatic rings. The number of ether oxygens (including phenoxy) is 3. The molecule has 0 aliphatic carbocycles. The Morgan fingerprint density at radius 3 is 2.60 bits per heavy atom. The average molecular weight is 359 g/mol. The van der Waals surface area contributed by atoms with Gasteiger partial charge in [0.1, 0.15) is 5.41 Å². The predicted octanol–water partition coefficient (Wildman–Crippen LogP) is 1.86. The molecule has 1 aromatic rings. The van der Waals surface area contributed by atoms with Gasteiger partial charge in [0.05, 0.1) is 13.7 Å². The van der Waals surface area contributed by atoms with E-state index in [-0.39, 0.29) is 43.2 Å². The second-order valence-corrected chi connectivity index (χ2v) is 5.74. The molecule has 1 amide bonds. The summed E-state index contributed by atoms with van der Waals surface area (Å²) in [5.74, 6) is -1.71. The Hall–Kier alpha value is -2.42. The number of benzene rings is 1. The number of methoxy groups -OCH3 is 2. The van der Waals surface area contributed by atoms with Gasteiger partial charge in [-0.25, -0.2) is 0 Å². The van der Waals surface area contributed by atoms with Gasteiger partial charge in [0, 0.05) is 25.8 Å². The first-order chi connectivity index (χ1) is 11.8. The molecule has 25 heavy (non-hydrogen) atoms. The van der Waals surface area contributed by atoms with Crippen molar-refractivity contribution in [2.45, 2.75) is 13.0 Å². The smallest absolute Gasteiger partial charge is 0.387 e. The van der Waals surface area contributed by atoms with E-state index in [1.807, 2.05) is 0 Å². The van der Waals surface area contributed by atoms with Crippen molar-refractivity contribution < 1.29 is 37.7 Å². The summed E-state index contributed by atoms with van der Waals surface area (Å²) in [6.07, 6.45) is 0.248. The monoisotopic (exact) mass is 359 g/mol. The van der Waals surface area contributed by atoms with E-state index < -0.39 is 23.9 Å². The van der Waals surface area contributed by atoms with Crippen LogP contribution in [-0.4, -0.2) is 62.4 Å². The highest BCUT2D eigenvalue weighted by atomic mass is 19.3. The molecule has 1 fully saturated rings. The highest BCUT2D eigenvalue weighted by Crippen LogP contribution is 2.34. The molecule has 0 aromatic heterocycles. The minimum absolute atomic E-state index is 0.0194. The second-order valence-electron chi connectivity index (χ2n) is 5.74. The van der Waals surface area contributed by atoms with Crippen LogP contribution in [0.1, 0.15) is 16.8 Å². The first kappa shape index (κ1) is 18.9. The van der Waals surface area contributed by atoms with E-state index in [9.17, 15) is 23.5 Å². The van der Waals surface area contributed by atoms with Gasteiger partial charge in [-0.05, 0) is 24.6 Å². The topological polar surface area (TPSA) is 85.3 Å². The molecule has 138 valence electrons. The summed E-state index contributed by atoms with van der Waals surface area (Å²) in [7, 11) is 2.69. The standard InChI is InChI=1S/C16H19F2NO6/c1-23-9-16(14(21)22)5-6-19(8-16)13(20)10-3-4-11(24-2)12(7-10)25-15(17)18/h3-4,7,15H,5-6,8-9H2,1-2H3,(H,21,22). The predicted molar refractivity (Wildman–Crippen MR) is 82.1 cm³/mol. The molecule has 9 heteroatoms. The van der Waals surface area contributed by atoms with Gasteiger partial charge in [-0.3, -0.25) is 9.59 Å². The molecule has 0 spiro atoms. The molecule has 2 rings (SSSR count). The number of aliphatic carboxylic acids is 1. The third-order valence-electron chi connectivity index (χ3n) is 4.14. The Balaban J connectivity index is 2.22. The number of alkyl halides is 2. The summed E-state index contributed by atoms with van der Waals surface area (Å²) in [5.41, 5.74) is -1.06. The van der Waals surface area contributed by atoms with Gasteiger partial charge in [0.2, 0.25) is 0 Å². The third-order valence-corrected chi connectivity index (χ3v) is 4.14. The van der Waals surface area contributed by atoms with E-state index in [1.165, 1.54) is 31.3 Å². The number of carboxylic acids is 1. The zero-order chi connectivity index (χ0) is 18.6. The van der Waals surface area contributed by atoms with Gasteiger partial charge in [0.25, 0.3) is 5.91 Å². The minimum atomic E-state index is -3.06. The van der Waals surface area contributed by atoms with Gasteiger partial charge >= 0.3 is 12.6 Å². The van der Waals surface area contributed by atoms with Crippen LogP contribution in [0.5, 0.6) is 11.5 Å². The average Bonchev–Trinajstić information content (AvgIpc) is 2.99. The number of hydrogen-bond acceptors (Lipinski definition) is 5. The maximum Gasteiger partial charge on any atom is 0.387 e. The first-order valence-electron chi connectivity index (χ1n) is 7.47. The Morgan fingerprint density at radius 2 is 2.04 bits per heavy atom. The highest BCUT2D eigenvalue weighted by Gasteiger charge is 2.46. The van der Waals surface area contributed by atoms with Crippen molar-refractivity contribution in [3.05, 3.63) is 23.8 Å². The van der Waals surface area contributed by atoms with Crippen molar-refractivity contribution in [3.63, 3.8) is 0 Å². The van der Waals surface area contributed by atoms with Gasteiger partial charge in [-0.2, -0.15) is 8.78 Å². The largest absolute Gasteiger partial charge is 0.493 e. The van der Waals surface area contributed by atoms with Crippen LogP contribution in [0.4, 0.5) is 8.78 Å². The molecule has 1 N–H and O–H groups in total. The van der Waals surface area contributed by atoms with Crippen LogP contribution in [0, 0.1) is 5.41 Å². The van der Waals surface area contributed by atoms with Crippen molar-refractivity contribution in [2.75, 3.05) is 33.9 Å². The number of carbonyl (C=O) groups excluding carboxylic acids is 1. The van der Waals surface area contributed by atoms with Crippen LogP contribution in [0.3, 0.4) is 0 Å². The summed E-state index contributed by atoms with van der Waals surface area (Å²) in [6.45, 7) is -2.88. The fourth-order valence-corrected chi connectivity index (χ4v) is 2.86. The summed E-state index contributed by atoms with van der Waals surface area (Å²) in [4.78, 5) is 25.5. The number of carbonyl (C=O) groups is 2. The fraction of sp³-hybridized carbons (Fsp3) is 0.500. The lowest BCUT2D eigenvalue weighted by molar-refractivity contribution is -0.151. The van der Waals surface area contributed by atoms with Gasteiger partial charge in [-0.1, -0.05) is 0 Å². The van der Waals surface area contributed by atoms with E-state index in [4.69, 9.17) is 9.47 Å². The molecule has 1 aromatic carbocycles. The Bertz CT molecular complexity index is 654. The van der Waals surface area contributed by atoms with Crippen LogP contribution in [0.15, 0.2) is 18.2 Å². The zero-order valence-corrected chi connectivity index (χ0v) is 13.8. The second kappa shape index (κ2) is 7.64. The van der Waals surface area contributed by atoms with Gasteiger partial charge in [0.15, 0.2) is 11.5 Å². The van der Waals surface area contributed by atoms with Crippen LogP contribution in [0.2, 0.25) is 0 Å². The van der Waals surface area contributed by atoms with Crippen molar-refractivity contribution in [2.24, 2.45) is 5.41 Å². The van der Waals surface area contributed by atoms with Crippen LogP contribution >= 0.6 is 0 Å². The van der Waals surface area contributed by atoms with Crippen molar-refractivity contribution >= 4 is 11.9 Å². The number of halogens is 2. The lowest BCUT2D eigenvalue weighted by Crippen LogP contribution is -2.40. The highest BCUT2D eigenvalue weighted by molar-refractivity contribution is 5.95. The molecule has 1 saturated heterocycles. The lowest BCUT2D eigenvalue weighted by Gasteiger charge is -2.24. The Labute approximate surface area is 143 Å². The normalized spacial score (nSPS) is 20.0. The molecule has 1 heterocycles. The van der Waals surface area contributed by atoms with E-state index in [0.29, 0.717) is 0 Å². The summed E-state index contributed by atoms with van der Waals surface area (Å²) in [6, 6.07) is 3.92. The number of rotatable bonds is 7. The van der Waals surface area contributed by atoms with E-state index >= 15 is 0 Å². The summed E-state index contributed by atoms with van der Waals surface area (Å²) < 4.78 is 39.3. The summed E-state index contributed by atoms with van der Waals surface area (Å²) in [5, 5.41) is 9.44. The first-order valence-corrected chi connectivity index (χ1v) is 7.47. The molecular formula is C16H19F2NO6. The minimum Gasteiger partial charge on any atom is -0.493 e. The van der Waals surface area contributed by atoms with Gasteiger partial charge < -0.3 is 24.2 Å². The molecule has 7 nitrogen and oxygen atoms in total. The Morgan fingerprint density at radius 1 is 1.32 bits per heavy atom. The number of nitrogens with zero attached hydrogens (tertiary/aromatic N) is 1. The number of amides is 1. The maximum absolute atomic E-state index is 12.6. The molecule has 0 bridgehead atoms. The molecule has 0 saturated carbocycles. The molecule has 1 unspecified atom stereocenters. The summed E-state index contributed by atoms with van der Waals surface area (Å²) >= 11 is 0. The van der Waals surface area contributed by atoms with E-state index in [1.54, 1.807) is 0 Å². The van der Waals surface area contributed by atoms with Crippen molar-refractivity contribution in [1.82, 2.24) is 4.90 Å². The fourth-order valence-electron chi connectivity index (χ4n) is 2.86. The van der Waals surface area contributed by atoms with Crippen LogP contribution < -0.4 is 9.47 Å². The van der Waals surface area contributed by atoms with E-state index in [2.05, 4.69) is 4.74 Å². The third kappa shape index (κ3) is 3.98. The molecule has 1 atom stereocenters. The van der Waals surface area contributed by atoms with Crippen LogP contribution in [-0.2, 0) is 9.53 Å². The maximum atomic E-state index is 12.6. The number of hydrogen-bond donors (Lipinski definition) is 1. The molecule has 0 radical (unpaired) electrons. The zero-order valence-electron chi connectivity index (χ0n) is 13.8. The lowest BCUT2D eigenvalue weighted by atomic mass is 9.88. The Kier molecular flexibility index (Phi) is 5.78. The molecular weight excluding hydrogens is 340 g/mol. The van der Waals surface area contributed by atoms with Crippen molar-refractivity contribution in [1.29, 1.82) is 0 Å². The van der Waals surface area contributed by atoms with Gasteiger partial charge in [-0.15, -0.1) is 0 Å². The van der Waals surface area contributed by atoms with Crippen molar-refractivity contribution in [3.8, 4) is 11.5 Å². The number of likely N-dealkylation sites (tertiary alicyclic amines) is 1. The molecule has 1 aliphatic heterocycles. The SMILES string of the molecule is COCC1(C(=O)O)CCN(C(=O)c2ccc(OC)c(OC(F)F)c2)C1. The van der Waals surface area contributed by atoms with Crippen LogP contribution in [0.25, 0.3) is 0 Å². The van der Waals surface area contributed by atoms with E-state index in [0.717, 1.165) is 6.07 Å². The quantitative estimate of drug-likeness (QED) is 0.800.